The van der Waals surface area contributed by atoms with E-state index in [0.717, 1.165) is 0 Å². The second-order valence-corrected chi connectivity index (χ2v) is 3.61. The van der Waals surface area contributed by atoms with Crippen LogP contribution in [0.5, 0.6) is 0 Å². The maximum absolute atomic E-state index is 13.0. The van der Waals surface area contributed by atoms with Gasteiger partial charge in [-0.05, 0) is 25.1 Å². The number of hydrogen-bond donors (Lipinski definition) is 1. The van der Waals surface area contributed by atoms with Gasteiger partial charge in [-0.3, -0.25) is 4.79 Å². The first-order chi connectivity index (χ1) is 8.04. The molecule has 0 aliphatic rings. The molecule has 0 fully saturated rings. The molecule has 0 bridgehead atoms. The molecule has 0 aliphatic heterocycles. The molecule has 2 aromatic rings. The van der Waals surface area contributed by atoms with E-state index in [1.807, 2.05) is 0 Å². The van der Waals surface area contributed by atoms with Crippen molar-refractivity contribution in [3.05, 3.63) is 35.3 Å². The fraction of sp³-hybridized carbons (Fsp3) is 0.167. The normalized spacial score (nSPS) is 10.5. The molecule has 0 spiro atoms. The number of benzene rings is 1. The summed E-state index contributed by atoms with van der Waals surface area (Å²) >= 11 is 0. The van der Waals surface area contributed by atoms with E-state index in [1.54, 1.807) is 0 Å². The highest BCUT2D eigenvalue weighted by Crippen LogP contribution is 2.24. The van der Waals surface area contributed by atoms with Crippen molar-refractivity contribution in [1.29, 1.82) is 0 Å². The van der Waals surface area contributed by atoms with Crippen molar-refractivity contribution in [1.82, 2.24) is 4.98 Å². The van der Waals surface area contributed by atoms with Gasteiger partial charge in [-0.2, -0.15) is 0 Å². The number of ether oxygens (including phenoxy) is 1. The van der Waals surface area contributed by atoms with Crippen molar-refractivity contribution in [2.75, 3.05) is 7.11 Å². The lowest BCUT2D eigenvalue weighted by Crippen LogP contribution is -2.07. The minimum atomic E-state index is -0.646. The summed E-state index contributed by atoms with van der Waals surface area (Å²) in [5, 5.41) is 0.513. The molecule has 0 amide bonds. The van der Waals surface area contributed by atoms with E-state index < -0.39 is 11.8 Å². The minimum Gasteiger partial charge on any atom is -0.464 e. The third-order valence-electron chi connectivity index (χ3n) is 2.50. The number of aromatic amines is 1. The fourth-order valence-corrected chi connectivity index (χ4v) is 1.79. The Hall–Kier alpha value is -2.17. The number of carbonyl (C=O) groups is 2. The number of halogens is 1. The molecule has 1 heterocycles. The smallest absolute Gasteiger partial charge is 0.355 e. The maximum Gasteiger partial charge on any atom is 0.355 e. The molecular formula is C12H10FNO3. The number of nitrogens with one attached hydrogen (secondary N) is 1. The zero-order valence-electron chi connectivity index (χ0n) is 9.33. The molecule has 4 nitrogen and oxygen atoms in total. The zero-order chi connectivity index (χ0) is 12.6. The fourth-order valence-electron chi connectivity index (χ4n) is 1.79. The van der Waals surface area contributed by atoms with Crippen molar-refractivity contribution in [3.63, 3.8) is 0 Å². The summed E-state index contributed by atoms with van der Waals surface area (Å²) in [4.78, 5) is 25.7. The highest BCUT2D eigenvalue weighted by Gasteiger charge is 2.21. The van der Waals surface area contributed by atoms with E-state index in [-0.39, 0.29) is 17.0 Å². The molecule has 1 aromatic carbocycles. The van der Waals surface area contributed by atoms with Gasteiger partial charge in [0.25, 0.3) is 0 Å². The summed E-state index contributed by atoms with van der Waals surface area (Å²) in [7, 11) is 1.22. The first kappa shape index (κ1) is 11.3. The third-order valence-corrected chi connectivity index (χ3v) is 2.50. The van der Waals surface area contributed by atoms with Gasteiger partial charge in [-0.25, -0.2) is 9.18 Å². The summed E-state index contributed by atoms with van der Waals surface area (Å²) in [5.74, 6) is -1.36. The molecule has 1 N–H and O–H groups in total. The van der Waals surface area contributed by atoms with Gasteiger partial charge < -0.3 is 9.72 Å². The van der Waals surface area contributed by atoms with Gasteiger partial charge in [0.2, 0.25) is 0 Å². The van der Waals surface area contributed by atoms with Crippen molar-refractivity contribution >= 4 is 22.7 Å². The molecule has 5 heteroatoms. The minimum absolute atomic E-state index is 0.0561. The molecule has 2 rings (SSSR count). The van der Waals surface area contributed by atoms with Gasteiger partial charge in [0.15, 0.2) is 5.78 Å². The number of hydrogen-bond acceptors (Lipinski definition) is 3. The van der Waals surface area contributed by atoms with Gasteiger partial charge in [-0.15, -0.1) is 0 Å². The summed E-state index contributed by atoms with van der Waals surface area (Å²) in [5.41, 5.74) is 0.683. The van der Waals surface area contributed by atoms with Gasteiger partial charge in [-0.1, -0.05) is 0 Å². The Morgan fingerprint density at radius 1 is 1.35 bits per heavy atom. The number of rotatable bonds is 2. The lowest BCUT2D eigenvalue weighted by molar-refractivity contribution is 0.0591. The molecule has 0 radical (unpaired) electrons. The molecule has 0 saturated carbocycles. The highest BCUT2D eigenvalue weighted by atomic mass is 19.1. The maximum atomic E-state index is 13.0. The number of ketones is 1. The lowest BCUT2D eigenvalue weighted by Gasteiger charge is -1.98. The van der Waals surface area contributed by atoms with Crippen LogP contribution < -0.4 is 0 Å². The molecule has 0 saturated heterocycles. The number of Topliss-reactive ketones (excluding diaryl/α,β-unsaturated/α-hetero) is 1. The number of fused-ring (bicyclic) bond motifs is 1. The van der Waals surface area contributed by atoms with Crippen LogP contribution in [0.25, 0.3) is 10.9 Å². The van der Waals surface area contributed by atoms with Crippen LogP contribution in [0.15, 0.2) is 18.2 Å². The standard InChI is InChI=1S/C12H10FNO3/c1-6(15)10-8-4-3-7(13)5-9(8)14-11(10)12(16)17-2/h3-5,14H,1-2H3. The Kier molecular flexibility index (Phi) is 2.67. The van der Waals surface area contributed by atoms with E-state index in [2.05, 4.69) is 9.72 Å². The van der Waals surface area contributed by atoms with Crippen LogP contribution in [0.4, 0.5) is 4.39 Å². The van der Waals surface area contributed by atoms with E-state index in [1.165, 1.54) is 32.2 Å². The monoisotopic (exact) mass is 235 g/mol. The van der Waals surface area contributed by atoms with Crippen LogP contribution >= 0.6 is 0 Å². The Morgan fingerprint density at radius 2 is 2.06 bits per heavy atom. The van der Waals surface area contributed by atoms with Crippen LogP contribution in [-0.2, 0) is 4.74 Å². The van der Waals surface area contributed by atoms with Gasteiger partial charge in [0.05, 0.1) is 12.7 Å². The molecule has 0 aliphatic carbocycles. The summed E-state index contributed by atoms with van der Waals surface area (Å²) in [6.45, 7) is 1.35. The van der Waals surface area contributed by atoms with Crippen LogP contribution in [0, 0.1) is 5.82 Å². The highest BCUT2D eigenvalue weighted by molar-refractivity contribution is 6.14. The van der Waals surface area contributed by atoms with Crippen LogP contribution in [-0.4, -0.2) is 23.8 Å². The van der Waals surface area contributed by atoms with Crippen LogP contribution in [0.3, 0.4) is 0 Å². The predicted octanol–water partition coefficient (Wildman–Crippen LogP) is 2.30. The predicted molar refractivity (Wildman–Crippen MR) is 59.6 cm³/mol. The largest absolute Gasteiger partial charge is 0.464 e. The quantitative estimate of drug-likeness (QED) is 0.641. The molecular weight excluding hydrogens is 225 g/mol. The third kappa shape index (κ3) is 1.80. The second-order valence-electron chi connectivity index (χ2n) is 3.61. The van der Waals surface area contributed by atoms with Crippen LogP contribution in [0.2, 0.25) is 0 Å². The second kappa shape index (κ2) is 4.01. The Labute approximate surface area is 96.4 Å². The summed E-state index contributed by atoms with van der Waals surface area (Å²) in [6, 6.07) is 3.93. The number of H-pyrrole nitrogens is 1. The van der Waals surface area contributed by atoms with Crippen molar-refractivity contribution < 1.29 is 18.7 Å². The SMILES string of the molecule is COC(=O)c1[nH]c2cc(F)ccc2c1C(C)=O. The number of aromatic nitrogens is 1. The van der Waals surface area contributed by atoms with Crippen molar-refractivity contribution in [2.45, 2.75) is 6.92 Å². The van der Waals surface area contributed by atoms with Gasteiger partial charge in [0.1, 0.15) is 11.5 Å². The number of carbonyl (C=O) groups excluding carboxylic acids is 2. The number of esters is 1. The molecule has 0 unspecified atom stereocenters. The van der Waals surface area contributed by atoms with Gasteiger partial charge in [0, 0.05) is 10.9 Å². The molecule has 0 atom stereocenters. The molecule has 1 aromatic heterocycles. The lowest BCUT2D eigenvalue weighted by atomic mass is 10.1. The van der Waals surface area contributed by atoms with Crippen molar-refractivity contribution in [3.8, 4) is 0 Å². The van der Waals surface area contributed by atoms with E-state index in [4.69, 9.17) is 0 Å². The Bertz CT molecular complexity index is 615. The zero-order valence-corrected chi connectivity index (χ0v) is 9.33. The molecule has 88 valence electrons. The van der Waals surface area contributed by atoms with Crippen LogP contribution in [0.1, 0.15) is 27.8 Å². The first-order valence-electron chi connectivity index (χ1n) is 4.95. The number of methoxy groups -OCH3 is 1. The Balaban J connectivity index is 2.79. The first-order valence-corrected chi connectivity index (χ1v) is 4.95. The van der Waals surface area contributed by atoms with Crippen molar-refractivity contribution in [2.24, 2.45) is 0 Å². The van der Waals surface area contributed by atoms with E-state index in [9.17, 15) is 14.0 Å². The molecule has 17 heavy (non-hydrogen) atoms. The van der Waals surface area contributed by atoms with Gasteiger partial charge >= 0.3 is 5.97 Å². The summed E-state index contributed by atoms with van der Waals surface area (Å²) in [6.07, 6.45) is 0. The van der Waals surface area contributed by atoms with E-state index in [0.29, 0.717) is 10.9 Å². The average molecular weight is 235 g/mol. The topological polar surface area (TPSA) is 59.2 Å². The Morgan fingerprint density at radius 3 is 2.65 bits per heavy atom. The van der Waals surface area contributed by atoms with E-state index >= 15 is 0 Å². The average Bonchev–Trinajstić information content (AvgIpc) is 2.66. The summed E-state index contributed by atoms with van der Waals surface area (Å²) < 4.78 is 17.6.